The molecule has 1 atom stereocenters. The molecule has 0 spiro atoms. The lowest BCUT2D eigenvalue weighted by Crippen LogP contribution is -2.06. The summed E-state index contributed by atoms with van der Waals surface area (Å²) in [6, 6.07) is 0. The summed E-state index contributed by atoms with van der Waals surface area (Å²) in [7, 11) is 0. The minimum Gasteiger partial charge on any atom is -0.242 e. The summed E-state index contributed by atoms with van der Waals surface area (Å²) in [5.41, 5.74) is 0.0476. The Labute approximate surface area is 69.8 Å². The molecule has 0 heterocycles. The van der Waals surface area contributed by atoms with Crippen molar-refractivity contribution in [2.45, 2.75) is 32.4 Å². The van der Waals surface area contributed by atoms with E-state index in [1.807, 2.05) is 6.92 Å². The van der Waals surface area contributed by atoms with Gasteiger partial charge in [0.25, 0.3) is 0 Å². The van der Waals surface area contributed by atoms with E-state index in [9.17, 15) is 13.2 Å². The molecule has 0 aromatic rings. The Bertz CT molecular complexity index is 228. The van der Waals surface area contributed by atoms with Crippen molar-refractivity contribution in [2.75, 3.05) is 0 Å². The summed E-state index contributed by atoms with van der Waals surface area (Å²) in [4.78, 5) is 0. The van der Waals surface area contributed by atoms with Crippen LogP contribution in [0.5, 0.6) is 0 Å². The van der Waals surface area contributed by atoms with Crippen LogP contribution >= 0.6 is 0 Å². The normalized spacial score (nSPS) is 24.3. The molecule has 1 rings (SSSR count). The van der Waals surface area contributed by atoms with E-state index >= 15 is 0 Å². The monoisotopic (exact) mass is 176 g/mol. The van der Waals surface area contributed by atoms with Gasteiger partial charge in [-0.05, 0) is 12.5 Å². The molecule has 0 aromatic carbocycles. The highest BCUT2D eigenvalue weighted by Crippen LogP contribution is 2.31. The maximum Gasteiger partial charge on any atom is 0.128 e. The van der Waals surface area contributed by atoms with Crippen LogP contribution < -0.4 is 0 Å². The van der Waals surface area contributed by atoms with Crippen molar-refractivity contribution in [2.24, 2.45) is 0 Å². The molecule has 0 amide bonds. The van der Waals surface area contributed by atoms with Crippen molar-refractivity contribution in [3.63, 3.8) is 0 Å². The SMILES string of the molecule is CCCC1=C(F)CC(F)C=C1F. The number of allylic oxidation sites excluding steroid dienone is 4. The van der Waals surface area contributed by atoms with E-state index in [1.165, 1.54) is 0 Å². The van der Waals surface area contributed by atoms with Gasteiger partial charge in [-0.25, -0.2) is 13.2 Å². The van der Waals surface area contributed by atoms with Crippen molar-refractivity contribution in [1.82, 2.24) is 0 Å². The van der Waals surface area contributed by atoms with Crippen LogP contribution in [0, 0.1) is 0 Å². The smallest absolute Gasteiger partial charge is 0.128 e. The third-order valence-electron chi connectivity index (χ3n) is 1.82. The molecule has 0 N–H and O–H groups in total. The van der Waals surface area contributed by atoms with Gasteiger partial charge in [0.1, 0.15) is 17.8 Å². The molecule has 12 heavy (non-hydrogen) atoms. The van der Waals surface area contributed by atoms with E-state index in [1.54, 1.807) is 0 Å². The van der Waals surface area contributed by atoms with E-state index in [4.69, 9.17) is 0 Å². The van der Waals surface area contributed by atoms with Gasteiger partial charge in [-0.1, -0.05) is 13.3 Å². The topological polar surface area (TPSA) is 0 Å². The largest absolute Gasteiger partial charge is 0.242 e. The van der Waals surface area contributed by atoms with Crippen LogP contribution in [0.15, 0.2) is 23.3 Å². The van der Waals surface area contributed by atoms with Crippen LogP contribution in [-0.4, -0.2) is 6.17 Å². The minimum absolute atomic E-state index is 0.0476. The second-order valence-electron chi connectivity index (χ2n) is 2.87. The molecule has 0 saturated heterocycles. The van der Waals surface area contributed by atoms with Gasteiger partial charge in [0.15, 0.2) is 0 Å². The van der Waals surface area contributed by atoms with E-state index in [0.717, 1.165) is 6.08 Å². The van der Waals surface area contributed by atoms with Crippen LogP contribution in [-0.2, 0) is 0 Å². The number of hydrogen-bond acceptors (Lipinski definition) is 0. The summed E-state index contributed by atoms with van der Waals surface area (Å²) >= 11 is 0. The second kappa shape index (κ2) is 3.78. The summed E-state index contributed by atoms with van der Waals surface area (Å²) < 4.78 is 38.3. The highest BCUT2D eigenvalue weighted by Gasteiger charge is 2.21. The highest BCUT2D eigenvalue weighted by molar-refractivity contribution is 5.33. The predicted octanol–water partition coefficient (Wildman–Crippen LogP) is 3.61. The van der Waals surface area contributed by atoms with Gasteiger partial charge < -0.3 is 0 Å². The van der Waals surface area contributed by atoms with Gasteiger partial charge in [-0.3, -0.25) is 0 Å². The zero-order chi connectivity index (χ0) is 9.14. The first-order chi connectivity index (χ1) is 5.65. The lowest BCUT2D eigenvalue weighted by Gasteiger charge is -2.13. The van der Waals surface area contributed by atoms with Gasteiger partial charge in [-0.15, -0.1) is 0 Å². The van der Waals surface area contributed by atoms with Crippen LogP contribution in [0.1, 0.15) is 26.2 Å². The molecule has 1 unspecified atom stereocenters. The summed E-state index contributed by atoms with van der Waals surface area (Å²) in [6.07, 6.45) is 0.0594. The maximum atomic E-state index is 12.9. The van der Waals surface area contributed by atoms with Crippen molar-refractivity contribution in [3.8, 4) is 0 Å². The van der Waals surface area contributed by atoms with E-state index < -0.39 is 17.8 Å². The van der Waals surface area contributed by atoms with E-state index in [0.29, 0.717) is 12.8 Å². The van der Waals surface area contributed by atoms with E-state index in [2.05, 4.69) is 0 Å². The van der Waals surface area contributed by atoms with Crippen molar-refractivity contribution in [1.29, 1.82) is 0 Å². The third-order valence-corrected chi connectivity index (χ3v) is 1.82. The molecule has 3 heteroatoms. The quantitative estimate of drug-likeness (QED) is 0.603. The van der Waals surface area contributed by atoms with Crippen LogP contribution in [0.2, 0.25) is 0 Å². The Kier molecular flexibility index (Phi) is 2.95. The molecule has 0 bridgehead atoms. The summed E-state index contributed by atoms with van der Waals surface area (Å²) in [6.45, 7) is 1.83. The molecule has 1 aliphatic carbocycles. The first kappa shape index (κ1) is 9.36. The Morgan fingerprint density at radius 2 is 2.17 bits per heavy atom. The molecule has 0 saturated carbocycles. The Morgan fingerprint density at radius 3 is 2.67 bits per heavy atom. The van der Waals surface area contributed by atoms with E-state index in [-0.39, 0.29) is 12.0 Å². The number of alkyl halides is 1. The molecule has 1 aliphatic rings. The lowest BCUT2D eigenvalue weighted by atomic mass is 10.00. The Balaban J connectivity index is 2.82. The van der Waals surface area contributed by atoms with Gasteiger partial charge in [0.05, 0.1) is 0 Å². The van der Waals surface area contributed by atoms with Gasteiger partial charge in [0, 0.05) is 12.0 Å². The first-order valence-electron chi connectivity index (χ1n) is 4.04. The molecular formula is C9H11F3. The van der Waals surface area contributed by atoms with Crippen LogP contribution in [0.25, 0.3) is 0 Å². The fourth-order valence-corrected chi connectivity index (χ4v) is 1.25. The molecule has 0 nitrogen and oxygen atoms in total. The average molecular weight is 176 g/mol. The molecule has 0 radical (unpaired) electrons. The average Bonchev–Trinajstić information content (AvgIpc) is 1.96. The minimum atomic E-state index is -1.49. The molecule has 68 valence electrons. The zero-order valence-corrected chi connectivity index (χ0v) is 6.91. The molecular weight excluding hydrogens is 165 g/mol. The molecule has 0 aliphatic heterocycles. The lowest BCUT2D eigenvalue weighted by molar-refractivity contribution is 0.353. The van der Waals surface area contributed by atoms with Crippen molar-refractivity contribution < 1.29 is 13.2 Å². The van der Waals surface area contributed by atoms with Gasteiger partial charge in [-0.2, -0.15) is 0 Å². The standard InChI is InChI=1S/C9H11F3/c1-2-3-7-8(11)4-6(10)5-9(7)12/h4,6H,2-3,5H2,1H3. The highest BCUT2D eigenvalue weighted by atomic mass is 19.2. The van der Waals surface area contributed by atoms with Crippen molar-refractivity contribution in [3.05, 3.63) is 23.3 Å². The van der Waals surface area contributed by atoms with Gasteiger partial charge in [0.2, 0.25) is 0 Å². The zero-order valence-electron chi connectivity index (χ0n) is 6.91. The Hall–Kier alpha value is -0.730. The Morgan fingerprint density at radius 1 is 1.50 bits per heavy atom. The summed E-state index contributed by atoms with van der Waals surface area (Å²) in [5.74, 6) is -1.36. The van der Waals surface area contributed by atoms with Crippen LogP contribution in [0.4, 0.5) is 13.2 Å². The fraction of sp³-hybridized carbons (Fsp3) is 0.556. The fourth-order valence-electron chi connectivity index (χ4n) is 1.25. The first-order valence-corrected chi connectivity index (χ1v) is 4.04. The number of halogens is 3. The second-order valence-corrected chi connectivity index (χ2v) is 2.87. The summed E-state index contributed by atoms with van der Waals surface area (Å²) in [5, 5.41) is 0. The number of hydrogen-bond donors (Lipinski definition) is 0. The van der Waals surface area contributed by atoms with Gasteiger partial charge >= 0.3 is 0 Å². The number of rotatable bonds is 2. The molecule has 0 fully saturated rings. The third kappa shape index (κ3) is 1.90. The van der Waals surface area contributed by atoms with Crippen LogP contribution in [0.3, 0.4) is 0 Å². The maximum absolute atomic E-state index is 12.9. The predicted molar refractivity (Wildman–Crippen MR) is 41.7 cm³/mol. The van der Waals surface area contributed by atoms with Crippen molar-refractivity contribution >= 4 is 0 Å². The molecule has 0 aromatic heterocycles.